The van der Waals surface area contributed by atoms with Crippen molar-refractivity contribution in [1.82, 2.24) is 0 Å². The summed E-state index contributed by atoms with van der Waals surface area (Å²) in [6.45, 7) is 0. The van der Waals surface area contributed by atoms with Crippen LogP contribution in [0.3, 0.4) is 0 Å². The van der Waals surface area contributed by atoms with Gasteiger partial charge in [0, 0.05) is 0 Å². The van der Waals surface area contributed by atoms with Crippen LogP contribution in [0.25, 0.3) is 0 Å². The molecule has 0 heterocycles. The summed E-state index contributed by atoms with van der Waals surface area (Å²) in [5.74, 6) is 0. The topological polar surface area (TPSA) is 9.23 Å². The Morgan fingerprint density at radius 3 is 1.05 bits per heavy atom. The largest absolute Gasteiger partial charge is 0.460 e. The SMILES string of the molecule is [SiH2]O[Si](C1CCCCC1)(C1CCCCC1)C1CCCCC1. The fourth-order valence-electron chi connectivity index (χ4n) is 6.01. The molecule has 0 atom stereocenters. The lowest BCUT2D eigenvalue weighted by molar-refractivity contribution is 0.353. The minimum atomic E-state index is -1.55. The molecule has 0 saturated heterocycles. The first-order valence-electron chi connectivity index (χ1n) is 9.81. The molecular weight excluding hydrogens is 288 g/mol. The Morgan fingerprint density at radius 1 is 0.524 bits per heavy atom. The molecule has 3 saturated carbocycles. The van der Waals surface area contributed by atoms with Gasteiger partial charge in [-0.05, 0) is 16.6 Å². The lowest BCUT2D eigenvalue weighted by Crippen LogP contribution is -2.53. The Hall–Kier alpha value is 0.394. The first kappa shape index (κ1) is 16.3. The van der Waals surface area contributed by atoms with Gasteiger partial charge < -0.3 is 4.12 Å². The number of rotatable bonds is 4. The number of hydrogen-bond acceptors (Lipinski definition) is 1. The van der Waals surface area contributed by atoms with Gasteiger partial charge in [0.25, 0.3) is 0 Å². The molecule has 0 aromatic heterocycles. The Bertz CT molecular complexity index is 257. The molecule has 0 amide bonds. The summed E-state index contributed by atoms with van der Waals surface area (Å²) in [5.41, 5.74) is 3.03. The van der Waals surface area contributed by atoms with Crippen molar-refractivity contribution in [3.63, 3.8) is 0 Å². The number of hydrogen-bond donors (Lipinski definition) is 0. The predicted octanol–water partition coefficient (Wildman–Crippen LogP) is 5.50. The van der Waals surface area contributed by atoms with Gasteiger partial charge in [0.05, 0.1) is 0 Å². The van der Waals surface area contributed by atoms with Crippen molar-refractivity contribution < 1.29 is 4.12 Å². The third kappa shape index (κ3) is 3.35. The average molecular weight is 324 g/mol. The van der Waals surface area contributed by atoms with Crippen LogP contribution in [-0.2, 0) is 4.12 Å². The lowest BCUT2D eigenvalue weighted by Gasteiger charge is -2.52. The predicted molar refractivity (Wildman–Crippen MR) is 95.9 cm³/mol. The van der Waals surface area contributed by atoms with E-state index in [1.165, 1.54) is 96.3 Å². The molecule has 3 fully saturated rings. The minimum absolute atomic E-state index is 1.01. The second-order valence-electron chi connectivity index (χ2n) is 8.00. The van der Waals surface area contributed by atoms with Crippen LogP contribution in [0.2, 0.25) is 16.6 Å². The molecule has 1 radical (unpaired) electrons. The van der Waals surface area contributed by atoms with E-state index in [1.807, 2.05) is 10.5 Å². The van der Waals surface area contributed by atoms with E-state index in [0.29, 0.717) is 0 Å². The lowest BCUT2D eigenvalue weighted by atomic mass is 9.98. The normalized spacial score (nSPS) is 27.9. The Balaban J connectivity index is 1.85. The van der Waals surface area contributed by atoms with E-state index in [0.717, 1.165) is 16.6 Å². The molecule has 1 nitrogen and oxygen atoms in total. The van der Waals surface area contributed by atoms with E-state index < -0.39 is 8.32 Å². The van der Waals surface area contributed by atoms with Crippen molar-refractivity contribution in [2.24, 2.45) is 0 Å². The molecule has 3 heteroatoms. The maximum atomic E-state index is 6.72. The molecular formula is C18H35OSi2. The van der Waals surface area contributed by atoms with E-state index >= 15 is 0 Å². The van der Waals surface area contributed by atoms with Crippen LogP contribution in [0, 0.1) is 0 Å². The summed E-state index contributed by atoms with van der Waals surface area (Å²) >= 11 is 0. The summed E-state index contributed by atoms with van der Waals surface area (Å²) in [6, 6.07) is 0. The third-order valence-corrected chi connectivity index (χ3v) is 14.5. The zero-order chi connectivity index (χ0) is 14.5. The molecule has 0 N–H and O–H groups in total. The van der Waals surface area contributed by atoms with Gasteiger partial charge in [-0.2, -0.15) is 0 Å². The highest BCUT2D eigenvalue weighted by Crippen LogP contribution is 2.56. The van der Waals surface area contributed by atoms with Crippen molar-refractivity contribution in [3.8, 4) is 0 Å². The third-order valence-electron chi connectivity index (χ3n) is 6.98. The van der Waals surface area contributed by atoms with Crippen LogP contribution in [0.15, 0.2) is 0 Å². The Kier molecular flexibility index (Phi) is 6.03. The van der Waals surface area contributed by atoms with Gasteiger partial charge in [0.15, 0.2) is 18.8 Å². The maximum Gasteiger partial charge on any atom is 0.188 e. The van der Waals surface area contributed by atoms with Crippen LogP contribution < -0.4 is 0 Å². The molecule has 3 aliphatic rings. The van der Waals surface area contributed by atoms with Gasteiger partial charge in [0.2, 0.25) is 0 Å². The van der Waals surface area contributed by atoms with Gasteiger partial charge in [-0.15, -0.1) is 0 Å². The first-order valence-corrected chi connectivity index (χ1v) is 12.5. The van der Waals surface area contributed by atoms with E-state index in [4.69, 9.17) is 4.12 Å². The molecule has 0 aliphatic heterocycles. The van der Waals surface area contributed by atoms with Gasteiger partial charge in [-0.3, -0.25) is 0 Å². The first-order chi connectivity index (χ1) is 10.4. The second-order valence-corrected chi connectivity index (χ2v) is 13.3. The smallest absolute Gasteiger partial charge is 0.188 e. The summed E-state index contributed by atoms with van der Waals surface area (Å²) < 4.78 is 6.72. The van der Waals surface area contributed by atoms with E-state index in [-0.39, 0.29) is 0 Å². The summed E-state index contributed by atoms with van der Waals surface area (Å²) in [7, 11) is 0.350. The van der Waals surface area contributed by atoms with Crippen molar-refractivity contribution in [2.75, 3.05) is 0 Å². The average Bonchev–Trinajstić information content (AvgIpc) is 2.59. The quantitative estimate of drug-likeness (QED) is 0.621. The van der Waals surface area contributed by atoms with E-state index in [2.05, 4.69) is 0 Å². The standard InChI is InChI=1S/C18H35OSi2/c20-19-21(16-10-4-1-5-11-16,17-12-6-2-7-13-17)18-14-8-3-9-15-18/h16-18H,1-15,20H2. The van der Waals surface area contributed by atoms with Crippen molar-refractivity contribution in [2.45, 2.75) is 113 Å². The molecule has 0 spiro atoms. The van der Waals surface area contributed by atoms with Crippen LogP contribution in [-0.4, -0.2) is 18.8 Å². The molecule has 121 valence electrons. The summed E-state index contributed by atoms with van der Waals surface area (Å²) in [4.78, 5) is 0. The zero-order valence-electron chi connectivity index (χ0n) is 14.0. The van der Waals surface area contributed by atoms with Crippen molar-refractivity contribution >= 4 is 18.8 Å². The Morgan fingerprint density at radius 2 is 0.810 bits per heavy atom. The fraction of sp³-hybridized carbons (Fsp3) is 1.00. The van der Waals surface area contributed by atoms with E-state index in [1.54, 1.807) is 0 Å². The van der Waals surface area contributed by atoms with E-state index in [9.17, 15) is 0 Å². The Labute approximate surface area is 136 Å². The van der Waals surface area contributed by atoms with Crippen molar-refractivity contribution in [1.29, 1.82) is 0 Å². The van der Waals surface area contributed by atoms with Gasteiger partial charge in [-0.25, -0.2) is 0 Å². The summed E-state index contributed by atoms with van der Waals surface area (Å²) in [5, 5.41) is 0. The van der Waals surface area contributed by atoms with Gasteiger partial charge in [0.1, 0.15) is 0 Å². The summed E-state index contributed by atoms with van der Waals surface area (Å²) in [6.07, 6.45) is 22.5. The monoisotopic (exact) mass is 323 g/mol. The van der Waals surface area contributed by atoms with Crippen LogP contribution in [0.4, 0.5) is 0 Å². The van der Waals surface area contributed by atoms with Crippen LogP contribution >= 0.6 is 0 Å². The maximum absolute atomic E-state index is 6.72. The molecule has 0 unspecified atom stereocenters. The highest BCUT2D eigenvalue weighted by molar-refractivity contribution is 6.80. The highest BCUT2D eigenvalue weighted by Gasteiger charge is 2.53. The highest BCUT2D eigenvalue weighted by atomic mass is 28.4. The fourth-order valence-corrected chi connectivity index (χ4v) is 14.8. The van der Waals surface area contributed by atoms with Crippen molar-refractivity contribution in [3.05, 3.63) is 0 Å². The second kappa shape index (κ2) is 7.78. The molecule has 0 aromatic carbocycles. The molecule has 0 aromatic rings. The zero-order valence-corrected chi connectivity index (χ0v) is 16.4. The molecule has 21 heavy (non-hydrogen) atoms. The van der Waals surface area contributed by atoms with Crippen LogP contribution in [0.1, 0.15) is 96.3 Å². The van der Waals surface area contributed by atoms with Gasteiger partial charge >= 0.3 is 0 Å². The molecule has 0 bridgehead atoms. The molecule has 3 aliphatic carbocycles. The molecule has 3 rings (SSSR count). The van der Waals surface area contributed by atoms with Gasteiger partial charge in [-0.1, -0.05) is 96.3 Å². The van der Waals surface area contributed by atoms with Crippen LogP contribution in [0.5, 0.6) is 0 Å². The minimum Gasteiger partial charge on any atom is -0.460 e.